The number of alkyl halides is 1. The zero-order chi connectivity index (χ0) is 25.5. The fraction of sp³-hybridized carbons (Fsp3) is 0.680. The lowest BCUT2D eigenvalue weighted by Gasteiger charge is -2.38. The molecule has 0 amide bonds. The number of benzene rings is 1. The zero-order valence-corrected chi connectivity index (χ0v) is 22.5. The van der Waals surface area contributed by atoms with Crippen LogP contribution in [0.5, 0.6) is 11.8 Å². The van der Waals surface area contributed by atoms with Gasteiger partial charge in [0.15, 0.2) is 11.6 Å². The van der Waals surface area contributed by atoms with Gasteiger partial charge >= 0.3 is 6.01 Å². The smallest absolute Gasteiger partial charge is 0.319 e. The van der Waals surface area contributed by atoms with Crippen molar-refractivity contribution in [2.24, 2.45) is 0 Å². The monoisotopic (exact) mass is 600 g/mol. The maximum Gasteiger partial charge on any atom is 0.319 e. The van der Waals surface area contributed by atoms with E-state index in [1.54, 1.807) is 0 Å². The van der Waals surface area contributed by atoms with Crippen molar-refractivity contribution in [1.82, 2.24) is 14.9 Å². The van der Waals surface area contributed by atoms with Crippen LogP contribution in [0, 0.1) is 5.82 Å². The number of halogens is 4. The predicted octanol–water partition coefficient (Wildman–Crippen LogP) is 4.02. The Morgan fingerprint density at radius 3 is 2.84 bits per heavy atom. The van der Waals surface area contributed by atoms with Gasteiger partial charge in [0.25, 0.3) is 0 Å². The molecule has 1 N–H and O–H groups in total. The summed E-state index contributed by atoms with van der Waals surface area (Å²) in [6, 6.07) is -0.509. The molecule has 200 valence electrons. The van der Waals surface area contributed by atoms with Crippen molar-refractivity contribution in [3.63, 3.8) is 0 Å². The number of nitrogens with zero attached hydrogens (tertiary/aromatic N) is 4. The second-order valence-corrected chi connectivity index (χ2v) is 12.2. The van der Waals surface area contributed by atoms with Gasteiger partial charge in [-0.15, -0.1) is 0 Å². The summed E-state index contributed by atoms with van der Waals surface area (Å²) >= 11 is 9.81. The molecule has 1 unspecified atom stereocenters. The van der Waals surface area contributed by atoms with Crippen molar-refractivity contribution in [3.8, 4) is 11.8 Å². The van der Waals surface area contributed by atoms with Gasteiger partial charge in [0, 0.05) is 19.6 Å². The molecule has 4 aliphatic heterocycles. The van der Waals surface area contributed by atoms with Gasteiger partial charge in [-0.25, -0.2) is 8.78 Å². The summed E-state index contributed by atoms with van der Waals surface area (Å²) in [6.45, 7) is 2.65. The van der Waals surface area contributed by atoms with E-state index in [9.17, 15) is 9.50 Å². The van der Waals surface area contributed by atoms with Crippen LogP contribution in [0.1, 0.15) is 38.5 Å². The topological polar surface area (TPSA) is 80.2 Å². The molecule has 0 radical (unpaired) electrons. The molecule has 1 aromatic heterocycles. The van der Waals surface area contributed by atoms with Crippen LogP contribution in [0.4, 0.5) is 14.6 Å². The summed E-state index contributed by atoms with van der Waals surface area (Å²) in [5.74, 6) is 0.0494. The van der Waals surface area contributed by atoms with Crippen LogP contribution in [0.3, 0.4) is 0 Å². The summed E-state index contributed by atoms with van der Waals surface area (Å²) < 4.78 is 48.0. The third-order valence-corrected chi connectivity index (χ3v) is 10.1. The Balaban J connectivity index is 1.36. The minimum atomic E-state index is -0.950. The Morgan fingerprint density at radius 1 is 1.24 bits per heavy atom. The highest BCUT2D eigenvalue weighted by atomic mass is 79.9. The Kier molecular flexibility index (Phi) is 5.79. The molecule has 4 fully saturated rings. The van der Waals surface area contributed by atoms with Crippen LogP contribution < -0.4 is 14.4 Å². The van der Waals surface area contributed by atoms with Crippen molar-refractivity contribution in [2.45, 2.75) is 67.9 Å². The van der Waals surface area contributed by atoms with Gasteiger partial charge in [-0.3, -0.25) is 4.90 Å². The number of hydrogen-bond donors (Lipinski definition) is 1. The van der Waals surface area contributed by atoms with E-state index in [0.29, 0.717) is 50.2 Å². The molecule has 37 heavy (non-hydrogen) atoms. The molecule has 12 heteroatoms. The molecule has 1 aliphatic carbocycles. The molecule has 5 heterocycles. The van der Waals surface area contributed by atoms with Gasteiger partial charge in [0.2, 0.25) is 0 Å². The Labute approximate surface area is 226 Å². The highest BCUT2D eigenvalue weighted by molar-refractivity contribution is 9.10. The van der Waals surface area contributed by atoms with Crippen molar-refractivity contribution in [2.75, 3.05) is 44.4 Å². The second kappa shape index (κ2) is 8.74. The number of aromatic nitrogens is 2. The molecular weight excluding hydrogens is 574 g/mol. The number of ether oxygens (including phenoxy) is 3. The van der Waals surface area contributed by atoms with E-state index < -0.39 is 29.2 Å². The first-order valence-electron chi connectivity index (χ1n) is 12.9. The van der Waals surface area contributed by atoms with E-state index in [-0.39, 0.29) is 46.0 Å². The summed E-state index contributed by atoms with van der Waals surface area (Å²) in [5, 5.41) is 11.7. The van der Waals surface area contributed by atoms with Crippen LogP contribution in [-0.2, 0) is 4.74 Å². The number of rotatable bonds is 5. The van der Waals surface area contributed by atoms with Crippen molar-refractivity contribution in [1.29, 1.82) is 0 Å². The van der Waals surface area contributed by atoms with E-state index in [2.05, 4.69) is 25.8 Å². The fourth-order valence-corrected chi connectivity index (χ4v) is 7.28. The Bertz CT molecular complexity index is 1260. The lowest BCUT2D eigenvalue weighted by Crippen LogP contribution is -2.53. The van der Waals surface area contributed by atoms with Crippen LogP contribution in [0.15, 0.2) is 4.47 Å². The zero-order valence-electron chi connectivity index (χ0n) is 20.2. The standard InChI is InChI=1S/C25H28BrClF2N4O4/c26-17-18(27)21-16-20(19(17)29)30-23(37-12-24-3-1-6-32(24)9-13(28)8-24)31-22(16)33(14-2-7-35-10-14)15(11-36-21)25(34)4-5-25/h13-15,34H,1-12H2/t13-,14?,15-,24+/m1/s1. The second-order valence-electron chi connectivity index (χ2n) is 11.0. The molecule has 2 aromatic rings. The highest BCUT2D eigenvalue weighted by Gasteiger charge is 2.54. The van der Waals surface area contributed by atoms with E-state index in [1.807, 2.05) is 4.90 Å². The summed E-state index contributed by atoms with van der Waals surface area (Å²) in [6.07, 6.45) is 3.33. The molecule has 1 aromatic carbocycles. The minimum Gasteiger partial charge on any atom is -0.489 e. The van der Waals surface area contributed by atoms with Crippen molar-refractivity contribution >= 4 is 44.3 Å². The largest absolute Gasteiger partial charge is 0.489 e. The third kappa shape index (κ3) is 3.83. The Hall–Kier alpha value is -1.53. The maximum absolute atomic E-state index is 15.7. The fourth-order valence-electron chi connectivity index (χ4n) is 6.68. The SMILES string of the molecule is OC1([C@H]2COc3c(Cl)c(Br)c(F)c4nc(OC[C@@]56CCCN5C[C@H](F)C6)nc(c34)N2C2CCOC2)CC1. The van der Waals surface area contributed by atoms with Gasteiger partial charge in [0.05, 0.1) is 39.7 Å². The van der Waals surface area contributed by atoms with E-state index in [4.69, 9.17) is 30.8 Å². The van der Waals surface area contributed by atoms with Crippen molar-refractivity contribution < 1.29 is 28.1 Å². The van der Waals surface area contributed by atoms with Crippen LogP contribution in [-0.4, -0.2) is 88.9 Å². The highest BCUT2D eigenvalue weighted by Crippen LogP contribution is 2.51. The molecule has 1 saturated carbocycles. The predicted molar refractivity (Wildman–Crippen MR) is 136 cm³/mol. The van der Waals surface area contributed by atoms with Gasteiger partial charge in [0.1, 0.15) is 35.7 Å². The van der Waals surface area contributed by atoms with E-state index in [1.165, 1.54) is 0 Å². The quantitative estimate of drug-likeness (QED) is 0.515. The van der Waals surface area contributed by atoms with Gasteiger partial charge in [-0.1, -0.05) is 11.6 Å². The molecule has 7 rings (SSSR count). The lowest BCUT2D eigenvalue weighted by molar-refractivity contribution is 0.0847. The van der Waals surface area contributed by atoms with Gasteiger partial charge < -0.3 is 24.2 Å². The first-order chi connectivity index (χ1) is 17.8. The van der Waals surface area contributed by atoms with E-state index in [0.717, 1.165) is 25.8 Å². The first kappa shape index (κ1) is 24.5. The average molecular weight is 602 g/mol. The summed E-state index contributed by atoms with van der Waals surface area (Å²) in [4.78, 5) is 13.4. The molecular formula is C25H28BrClF2N4O4. The lowest BCUT2D eigenvalue weighted by atomic mass is 9.95. The van der Waals surface area contributed by atoms with Crippen LogP contribution in [0.2, 0.25) is 5.02 Å². The molecule has 3 saturated heterocycles. The molecule has 0 bridgehead atoms. The van der Waals surface area contributed by atoms with Gasteiger partial charge in [-0.2, -0.15) is 9.97 Å². The Morgan fingerprint density at radius 2 is 2.08 bits per heavy atom. The van der Waals surface area contributed by atoms with Crippen LogP contribution in [0.25, 0.3) is 10.9 Å². The van der Waals surface area contributed by atoms with Crippen LogP contribution >= 0.6 is 27.5 Å². The minimum absolute atomic E-state index is 0.0115. The average Bonchev–Trinajstić information content (AvgIpc) is 3.18. The third-order valence-electron chi connectivity index (χ3n) is 8.77. The normalized spacial score (nSPS) is 32.5. The van der Waals surface area contributed by atoms with Gasteiger partial charge in [-0.05, 0) is 54.6 Å². The summed E-state index contributed by atoms with van der Waals surface area (Å²) in [5.41, 5.74) is -1.33. The molecule has 4 atom stereocenters. The number of anilines is 1. The number of fused-ring (bicyclic) bond motifs is 1. The number of aliphatic hydroxyl groups is 1. The molecule has 5 aliphatic rings. The number of hydrogen-bond acceptors (Lipinski definition) is 8. The molecule has 0 spiro atoms. The van der Waals surface area contributed by atoms with Crippen molar-refractivity contribution in [3.05, 3.63) is 15.3 Å². The van der Waals surface area contributed by atoms with E-state index >= 15 is 4.39 Å². The first-order valence-corrected chi connectivity index (χ1v) is 14.1. The maximum atomic E-state index is 15.7. The molecule has 8 nitrogen and oxygen atoms in total. The summed E-state index contributed by atoms with van der Waals surface area (Å²) in [7, 11) is 0.